The number of hydrogen-bond acceptors (Lipinski definition) is 6. The van der Waals surface area contributed by atoms with E-state index in [4.69, 9.17) is 0 Å². The minimum Gasteiger partial charge on any atom is -0.324 e. The average Bonchev–Trinajstić information content (AvgIpc) is 2.80. The van der Waals surface area contributed by atoms with Crippen molar-refractivity contribution in [2.45, 2.75) is 38.0 Å². The minimum absolute atomic E-state index is 0.0520. The number of nitro benzene ring substituents is 1. The molecule has 33 heavy (non-hydrogen) atoms. The highest BCUT2D eigenvalue weighted by Crippen LogP contribution is 2.25. The molecule has 1 amide bonds. The van der Waals surface area contributed by atoms with Crippen molar-refractivity contribution < 1.29 is 18.1 Å². The molecular weight excluding hydrogens is 444 g/mol. The Balaban J connectivity index is 1.57. The van der Waals surface area contributed by atoms with Crippen LogP contribution < -0.4 is 5.32 Å². The van der Waals surface area contributed by atoms with E-state index in [1.165, 1.54) is 16.4 Å². The number of rotatable bonds is 8. The monoisotopic (exact) mass is 474 g/mol. The molecule has 2 aromatic carbocycles. The topological polar surface area (TPSA) is 113 Å². The van der Waals surface area contributed by atoms with Crippen LogP contribution in [0.1, 0.15) is 37.3 Å². The van der Waals surface area contributed by atoms with Gasteiger partial charge >= 0.3 is 0 Å². The number of nitrogens with one attached hydrogen (secondary N) is 1. The summed E-state index contributed by atoms with van der Waals surface area (Å²) in [5.41, 5.74) is 1.86. The summed E-state index contributed by atoms with van der Waals surface area (Å²) in [4.78, 5) is 25.2. The van der Waals surface area contributed by atoms with Crippen molar-refractivity contribution in [1.82, 2.24) is 9.21 Å². The summed E-state index contributed by atoms with van der Waals surface area (Å²) in [7, 11) is -3.59. The fourth-order valence-electron chi connectivity index (χ4n) is 3.83. The molecular formula is C23H30N4O5S. The first kappa shape index (κ1) is 24.8. The van der Waals surface area contributed by atoms with Gasteiger partial charge in [-0.3, -0.25) is 19.8 Å². The number of nitro groups is 1. The van der Waals surface area contributed by atoms with Crippen molar-refractivity contribution in [2.75, 3.05) is 38.0 Å². The third-order valence-corrected chi connectivity index (χ3v) is 8.09. The molecule has 0 aromatic heterocycles. The van der Waals surface area contributed by atoms with Gasteiger partial charge in [0.1, 0.15) is 0 Å². The Morgan fingerprint density at radius 2 is 1.76 bits per heavy atom. The molecule has 1 aliphatic heterocycles. The van der Waals surface area contributed by atoms with E-state index >= 15 is 0 Å². The molecule has 0 aliphatic carbocycles. The van der Waals surface area contributed by atoms with Crippen LogP contribution in [0.4, 0.5) is 11.4 Å². The summed E-state index contributed by atoms with van der Waals surface area (Å²) in [6, 6.07) is 11.6. The lowest BCUT2D eigenvalue weighted by molar-refractivity contribution is -0.385. The Kier molecular flexibility index (Phi) is 7.83. The second-order valence-electron chi connectivity index (χ2n) is 8.31. The Morgan fingerprint density at radius 1 is 1.12 bits per heavy atom. The third kappa shape index (κ3) is 5.76. The van der Waals surface area contributed by atoms with Crippen LogP contribution in [0.25, 0.3) is 0 Å². The first-order valence-electron chi connectivity index (χ1n) is 11.0. The smallest absolute Gasteiger partial charge is 0.274 e. The van der Waals surface area contributed by atoms with Crippen LogP contribution in [0, 0.1) is 17.0 Å². The summed E-state index contributed by atoms with van der Waals surface area (Å²) >= 11 is 0. The van der Waals surface area contributed by atoms with Gasteiger partial charge in [0, 0.05) is 32.2 Å². The zero-order chi connectivity index (χ0) is 24.2. The van der Waals surface area contributed by atoms with Gasteiger partial charge in [0.2, 0.25) is 15.9 Å². The van der Waals surface area contributed by atoms with Gasteiger partial charge in [0.05, 0.1) is 27.6 Å². The number of piperazine rings is 1. The van der Waals surface area contributed by atoms with Crippen molar-refractivity contribution in [2.24, 2.45) is 0 Å². The zero-order valence-electron chi connectivity index (χ0n) is 19.2. The molecule has 3 rings (SSSR count). The molecule has 10 heteroatoms. The van der Waals surface area contributed by atoms with Crippen molar-refractivity contribution in [3.8, 4) is 0 Å². The van der Waals surface area contributed by atoms with Crippen molar-refractivity contribution in [1.29, 1.82) is 0 Å². The maximum Gasteiger partial charge on any atom is 0.274 e. The Labute approximate surface area is 194 Å². The van der Waals surface area contributed by atoms with Crippen LogP contribution in [0.2, 0.25) is 0 Å². The fourth-order valence-corrected chi connectivity index (χ4v) is 5.25. The number of carbonyl (C=O) groups is 1. The molecule has 1 saturated heterocycles. The lowest BCUT2D eigenvalue weighted by atomic mass is 9.99. The van der Waals surface area contributed by atoms with Crippen LogP contribution >= 0.6 is 0 Å². The summed E-state index contributed by atoms with van der Waals surface area (Å²) < 4.78 is 27.5. The van der Waals surface area contributed by atoms with Crippen molar-refractivity contribution in [3.05, 3.63) is 63.7 Å². The summed E-state index contributed by atoms with van der Waals surface area (Å²) in [6.07, 6.45) is 0.988. The number of hydrogen-bond donors (Lipinski definition) is 1. The van der Waals surface area contributed by atoms with Gasteiger partial charge in [-0.1, -0.05) is 32.0 Å². The third-order valence-electron chi connectivity index (χ3n) is 6.17. The molecule has 9 nitrogen and oxygen atoms in total. The Bertz CT molecular complexity index is 1110. The zero-order valence-corrected chi connectivity index (χ0v) is 20.0. The molecule has 1 heterocycles. The Morgan fingerprint density at radius 3 is 2.33 bits per heavy atom. The van der Waals surface area contributed by atoms with Gasteiger partial charge in [0.15, 0.2) is 0 Å². The number of carbonyl (C=O) groups excluding carboxylic acids is 1. The van der Waals surface area contributed by atoms with E-state index in [2.05, 4.69) is 19.2 Å². The van der Waals surface area contributed by atoms with Gasteiger partial charge in [0.25, 0.3) is 5.69 Å². The lowest BCUT2D eigenvalue weighted by Crippen LogP contribution is -2.50. The summed E-state index contributed by atoms with van der Waals surface area (Å²) in [6.45, 7) is 7.31. The predicted molar refractivity (Wildman–Crippen MR) is 127 cm³/mol. The molecule has 0 saturated carbocycles. The van der Waals surface area contributed by atoms with Gasteiger partial charge in [-0.2, -0.15) is 4.31 Å². The first-order valence-corrected chi connectivity index (χ1v) is 12.4. The second kappa shape index (κ2) is 10.4. The first-order chi connectivity index (χ1) is 15.6. The van der Waals surface area contributed by atoms with E-state index in [9.17, 15) is 23.3 Å². The largest absolute Gasteiger partial charge is 0.324 e. The van der Waals surface area contributed by atoms with E-state index in [0.717, 1.165) is 12.0 Å². The fraction of sp³-hybridized carbons (Fsp3) is 0.435. The maximum absolute atomic E-state index is 13.0. The van der Waals surface area contributed by atoms with E-state index in [1.807, 2.05) is 17.0 Å². The number of benzene rings is 2. The van der Waals surface area contributed by atoms with Crippen molar-refractivity contribution in [3.63, 3.8) is 0 Å². The molecule has 0 spiro atoms. The molecule has 1 atom stereocenters. The Hall–Kier alpha value is -2.82. The van der Waals surface area contributed by atoms with Crippen LogP contribution in [0.3, 0.4) is 0 Å². The number of nitrogens with zero attached hydrogens (tertiary/aromatic N) is 3. The highest BCUT2D eigenvalue weighted by atomic mass is 32.2. The molecule has 178 valence electrons. The molecule has 0 bridgehead atoms. The minimum atomic E-state index is -3.59. The highest BCUT2D eigenvalue weighted by Gasteiger charge is 2.29. The van der Waals surface area contributed by atoms with Crippen molar-refractivity contribution >= 4 is 27.3 Å². The highest BCUT2D eigenvalue weighted by molar-refractivity contribution is 7.89. The van der Waals surface area contributed by atoms with Gasteiger partial charge < -0.3 is 5.32 Å². The number of amides is 1. The molecule has 1 N–H and O–H groups in total. The maximum atomic E-state index is 13.0. The standard InChI is InChI=1S/C23H30N4O5S/c1-4-17(2)19-8-10-20(11-9-19)33(31,32)26-14-12-25(13-15-26)16-23(28)24-21-6-5-7-22(18(21)3)27(29)30/h5-11,17H,4,12-16H2,1-3H3,(H,24,28). The van der Waals surface area contributed by atoms with Crippen LogP contribution in [0.15, 0.2) is 47.4 Å². The lowest BCUT2D eigenvalue weighted by Gasteiger charge is -2.33. The summed E-state index contributed by atoms with van der Waals surface area (Å²) in [5, 5.41) is 13.8. The molecule has 1 fully saturated rings. The second-order valence-corrected chi connectivity index (χ2v) is 10.3. The number of anilines is 1. The molecule has 1 aliphatic rings. The van der Waals surface area contributed by atoms with Crippen LogP contribution in [0.5, 0.6) is 0 Å². The van der Waals surface area contributed by atoms with Crippen LogP contribution in [-0.4, -0.2) is 61.2 Å². The molecule has 0 radical (unpaired) electrons. The van der Waals surface area contributed by atoms with Gasteiger partial charge in [-0.15, -0.1) is 0 Å². The average molecular weight is 475 g/mol. The SMILES string of the molecule is CCC(C)c1ccc(S(=O)(=O)N2CCN(CC(=O)Nc3cccc([N+](=O)[O-])c3C)CC2)cc1. The molecule has 1 unspecified atom stereocenters. The van der Waals surface area contributed by atoms with E-state index < -0.39 is 14.9 Å². The van der Waals surface area contributed by atoms with E-state index in [-0.39, 0.29) is 23.0 Å². The summed E-state index contributed by atoms with van der Waals surface area (Å²) in [5.74, 6) is 0.0813. The van der Waals surface area contributed by atoms with Crippen LogP contribution in [-0.2, 0) is 14.8 Å². The normalized spacial score (nSPS) is 16.3. The van der Waals surface area contributed by atoms with Gasteiger partial charge in [-0.25, -0.2) is 8.42 Å². The molecule has 2 aromatic rings. The quantitative estimate of drug-likeness (QED) is 0.464. The van der Waals surface area contributed by atoms with Gasteiger partial charge in [-0.05, 0) is 43.0 Å². The number of sulfonamides is 1. The predicted octanol–water partition coefficient (Wildman–Crippen LogP) is 3.36. The van der Waals surface area contributed by atoms with E-state index in [1.54, 1.807) is 25.1 Å². The van der Waals surface area contributed by atoms with E-state index in [0.29, 0.717) is 43.3 Å².